The molecule has 1 fully saturated rings. The number of primary amides is 1. The first-order valence-corrected chi connectivity index (χ1v) is 21.2. The van der Waals surface area contributed by atoms with Crippen molar-refractivity contribution in [1.82, 2.24) is 47.1 Å². The molecule has 0 spiro atoms. The molecule has 3 aliphatic heterocycles. The molecule has 0 radical (unpaired) electrons. The van der Waals surface area contributed by atoms with Gasteiger partial charge in [-0.3, -0.25) is 43.2 Å². The summed E-state index contributed by atoms with van der Waals surface area (Å²) >= 11 is 0.974. The lowest BCUT2D eigenvalue weighted by atomic mass is 9.94. The third-order valence-corrected chi connectivity index (χ3v) is 12.5. The number of nitrogens with one attached hydrogen (secondary N) is 8. The van der Waals surface area contributed by atoms with Crippen molar-refractivity contribution in [3.05, 3.63) is 23.8 Å². The van der Waals surface area contributed by atoms with E-state index in [1.807, 2.05) is 0 Å². The van der Waals surface area contributed by atoms with Crippen LogP contribution >= 0.6 is 11.8 Å². The van der Waals surface area contributed by atoms with E-state index in [9.17, 15) is 58.5 Å². The third-order valence-electron chi connectivity index (χ3n) is 11.3. The summed E-state index contributed by atoms with van der Waals surface area (Å²) in [5, 5.41) is 50.2. The highest BCUT2D eigenvalue weighted by molar-refractivity contribution is 7.99. The zero-order valence-corrected chi connectivity index (χ0v) is 35.4. The van der Waals surface area contributed by atoms with E-state index in [2.05, 4.69) is 42.2 Å². The number of nitrogens with two attached hydrogens (primary N) is 1. The second-order valence-electron chi connectivity index (χ2n) is 15.9. The summed E-state index contributed by atoms with van der Waals surface area (Å²) < 4.78 is 0. The van der Waals surface area contributed by atoms with Gasteiger partial charge in [-0.05, 0) is 30.5 Å². The Bertz CT molecular complexity index is 2100. The van der Waals surface area contributed by atoms with E-state index < -0.39 is 140 Å². The van der Waals surface area contributed by atoms with E-state index in [4.69, 9.17) is 5.73 Å². The van der Waals surface area contributed by atoms with Crippen LogP contribution in [0.2, 0.25) is 0 Å². The number of carbonyl (C=O) groups excluding carboxylic acids is 9. The van der Waals surface area contributed by atoms with Gasteiger partial charge in [0.25, 0.3) is 0 Å². The van der Waals surface area contributed by atoms with Crippen LogP contribution in [-0.2, 0) is 49.6 Å². The number of amides is 9. The minimum absolute atomic E-state index is 0.127. The van der Waals surface area contributed by atoms with Crippen LogP contribution in [0.1, 0.15) is 52.5 Å². The molecule has 2 unspecified atom stereocenters. The minimum Gasteiger partial charge on any atom is -0.508 e. The smallest absolute Gasteiger partial charge is 0.246 e. The van der Waals surface area contributed by atoms with E-state index in [1.165, 1.54) is 26.0 Å². The second kappa shape index (κ2) is 20.3. The van der Waals surface area contributed by atoms with Gasteiger partial charge in [0.05, 0.1) is 42.3 Å². The summed E-state index contributed by atoms with van der Waals surface area (Å²) in [6.45, 7) is 4.55. The highest BCUT2D eigenvalue weighted by Gasteiger charge is 2.44. The van der Waals surface area contributed by atoms with Gasteiger partial charge in [0.1, 0.15) is 42.0 Å². The number of aromatic hydroxyl groups is 1. The number of aliphatic hydroxyl groups excluding tert-OH is 2. The van der Waals surface area contributed by atoms with Crippen molar-refractivity contribution in [2.75, 3.05) is 25.4 Å². The number of H-pyrrole nitrogens is 1. The van der Waals surface area contributed by atoms with Crippen molar-refractivity contribution >= 4 is 75.8 Å². The van der Waals surface area contributed by atoms with Gasteiger partial charge in [-0.25, -0.2) is 0 Å². The monoisotopic (exact) mass is 886 g/mol. The molecule has 338 valence electrons. The number of phenols is 1. The maximum Gasteiger partial charge on any atom is 0.246 e. The maximum absolute atomic E-state index is 14.4. The van der Waals surface area contributed by atoms with Gasteiger partial charge in [0.2, 0.25) is 53.2 Å². The fraction of sp³-hybridized carbons (Fsp3) is 0.564. The number of benzene rings is 1. The Labute approximate surface area is 360 Å². The van der Waals surface area contributed by atoms with Crippen molar-refractivity contribution in [2.24, 2.45) is 17.6 Å². The summed E-state index contributed by atoms with van der Waals surface area (Å²) in [4.78, 5) is 128. The molecule has 62 heavy (non-hydrogen) atoms. The molecule has 23 heteroatoms. The molecular weight excluding hydrogens is 833 g/mol. The first-order chi connectivity index (χ1) is 29.3. The molecule has 0 saturated carbocycles. The lowest BCUT2D eigenvalue weighted by Crippen LogP contribution is -2.61. The maximum atomic E-state index is 14.4. The number of aliphatic hydroxyl groups is 2. The van der Waals surface area contributed by atoms with Crippen molar-refractivity contribution in [2.45, 2.75) is 107 Å². The van der Waals surface area contributed by atoms with Gasteiger partial charge in [-0.2, -0.15) is 0 Å². The number of hydrogen-bond acceptors (Lipinski definition) is 13. The fourth-order valence-corrected chi connectivity index (χ4v) is 8.57. The Morgan fingerprint density at radius 1 is 0.855 bits per heavy atom. The summed E-state index contributed by atoms with van der Waals surface area (Å²) in [5.41, 5.74) is 6.26. The molecule has 1 aromatic carbocycles. The Morgan fingerprint density at radius 2 is 1.53 bits per heavy atom. The number of hydrogen-bond donors (Lipinski definition) is 12. The molecule has 4 heterocycles. The average molecular weight is 887 g/mol. The highest BCUT2D eigenvalue weighted by Crippen LogP contribution is 2.33. The Morgan fingerprint density at radius 3 is 2.19 bits per heavy atom. The molecule has 5 rings (SSSR count). The number of rotatable bonds is 6. The topological polar surface area (TPSA) is 344 Å². The van der Waals surface area contributed by atoms with Crippen molar-refractivity contribution < 1.29 is 58.5 Å². The lowest BCUT2D eigenvalue weighted by Gasteiger charge is -2.32. The molecule has 1 aromatic heterocycles. The standard InChI is InChI=1S/C39H54N10O12S/c1-5-16(2)31-36(59)42-12-29(54)43-26-15-62-38-22(21-7-6-19(51)8-23(21)46-38)10-24(33(56)41-13-30(55)47-31)44-37(60)32(17(3)18(4)50)48-35(58)27-9-20(52)14-49(27)39(61)25(11-28(40)53)45-34(26)57/h6-8,16-18,20,24-27,31-32,46,50-52H,5,9-15H2,1-4H3,(H2,40,53)(H,41,56)(H,42,59)(H,43,54)(H,44,60)(H,45,57)(H,47,55)(H,48,58)/t16-,17?,18?,20+,24-,25-,26-,27-,31-,32-/m0/s1. The van der Waals surface area contributed by atoms with Crippen molar-refractivity contribution in [3.63, 3.8) is 0 Å². The van der Waals surface area contributed by atoms with Crippen LogP contribution in [0.15, 0.2) is 23.2 Å². The van der Waals surface area contributed by atoms with Gasteiger partial charge < -0.3 is 68.2 Å². The Kier molecular flexibility index (Phi) is 15.4. The molecule has 13 N–H and O–H groups in total. The summed E-state index contributed by atoms with van der Waals surface area (Å²) in [6.07, 6.45) is -3.44. The van der Waals surface area contributed by atoms with Crippen LogP contribution < -0.4 is 43.0 Å². The fourth-order valence-electron chi connectivity index (χ4n) is 7.45. The van der Waals surface area contributed by atoms with E-state index in [1.54, 1.807) is 19.9 Å². The van der Waals surface area contributed by atoms with E-state index in [0.717, 1.165) is 16.7 Å². The van der Waals surface area contributed by atoms with Gasteiger partial charge in [0, 0.05) is 42.5 Å². The number of aromatic nitrogens is 1. The van der Waals surface area contributed by atoms with Gasteiger partial charge >= 0.3 is 0 Å². The van der Waals surface area contributed by atoms with Gasteiger partial charge in [0.15, 0.2) is 0 Å². The largest absolute Gasteiger partial charge is 0.508 e. The number of aromatic amines is 1. The lowest BCUT2D eigenvalue weighted by molar-refractivity contribution is -0.144. The van der Waals surface area contributed by atoms with Crippen molar-refractivity contribution in [1.29, 1.82) is 0 Å². The Balaban J connectivity index is 1.70. The van der Waals surface area contributed by atoms with Crippen LogP contribution in [-0.4, -0.2) is 152 Å². The highest BCUT2D eigenvalue weighted by atomic mass is 32.2. The molecule has 22 nitrogen and oxygen atoms in total. The van der Waals surface area contributed by atoms with Gasteiger partial charge in [-0.1, -0.05) is 27.2 Å². The SMILES string of the molecule is CC[C@H](C)[C@@H]1NC(=O)CNC(=O)[C@@H]2Cc3c([nH]c4cc(O)ccc34)SC[C@H](NC(=O)CNC1=O)C(=O)N[C@@H](CC(N)=O)C(=O)N1C[C@H](O)C[C@H]1C(=O)N[C@@H](C(C)C(C)O)C(=O)N2. The van der Waals surface area contributed by atoms with Crippen LogP contribution in [0.4, 0.5) is 0 Å². The zero-order valence-electron chi connectivity index (χ0n) is 34.6. The van der Waals surface area contributed by atoms with Crippen LogP contribution in [0.5, 0.6) is 5.75 Å². The van der Waals surface area contributed by atoms with Crippen molar-refractivity contribution in [3.8, 4) is 5.75 Å². The quantitative estimate of drug-likeness (QED) is 0.132. The second-order valence-corrected chi connectivity index (χ2v) is 17.0. The molecule has 2 aromatic rings. The Hall–Kier alpha value is -5.94. The molecule has 9 amide bonds. The summed E-state index contributed by atoms with van der Waals surface area (Å²) in [7, 11) is 0. The van der Waals surface area contributed by atoms with Crippen LogP contribution in [0.25, 0.3) is 10.9 Å². The summed E-state index contributed by atoms with van der Waals surface area (Å²) in [6, 6.07) is -4.58. The summed E-state index contributed by atoms with van der Waals surface area (Å²) in [5.74, 6) is -10.0. The first-order valence-electron chi connectivity index (χ1n) is 20.2. The molecule has 2 bridgehead atoms. The number of phenolic OH excluding ortho intramolecular Hbond substituents is 1. The normalized spacial score (nSPS) is 27.8. The average Bonchev–Trinajstić information content (AvgIpc) is 3.78. The molecule has 0 aliphatic carbocycles. The molecular formula is C39H54N10O12S. The predicted octanol–water partition coefficient (Wildman–Crippen LogP) is -3.91. The minimum atomic E-state index is -1.71. The van der Waals surface area contributed by atoms with E-state index in [0.29, 0.717) is 27.9 Å². The molecule has 3 aliphatic rings. The number of thioether (sulfide) groups is 1. The number of carbonyl (C=O) groups is 9. The molecule has 10 atom stereocenters. The zero-order chi connectivity index (χ0) is 45.6. The van der Waals surface area contributed by atoms with Crippen LogP contribution in [0, 0.1) is 11.8 Å². The third kappa shape index (κ3) is 11.3. The predicted molar refractivity (Wildman–Crippen MR) is 220 cm³/mol. The number of fused-ring (bicyclic) bond motifs is 5. The van der Waals surface area contributed by atoms with Gasteiger partial charge in [-0.15, -0.1) is 11.8 Å². The number of nitrogens with zero attached hydrogens (tertiary/aromatic N) is 1. The van der Waals surface area contributed by atoms with E-state index in [-0.39, 0.29) is 24.3 Å². The first kappa shape index (κ1) is 47.1. The molecule has 1 saturated heterocycles. The van der Waals surface area contributed by atoms with E-state index >= 15 is 0 Å². The van der Waals surface area contributed by atoms with Crippen LogP contribution in [0.3, 0.4) is 0 Å².